The van der Waals surface area contributed by atoms with Gasteiger partial charge in [0.25, 0.3) is 0 Å². The number of para-hydroxylation sites is 2. The van der Waals surface area contributed by atoms with Gasteiger partial charge in [-0.1, -0.05) is 36.4 Å². The number of fused-ring (bicyclic) bond motifs is 2. The summed E-state index contributed by atoms with van der Waals surface area (Å²) in [5.41, 5.74) is 3.59. The number of rotatable bonds is 5. The normalized spacial score (nSPS) is 20.7. The number of carbonyl (C=O) groups is 2. The van der Waals surface area contributed by atoms with Gasteiger partial charge in [-0.3, -0.25) is 9.59 Å². The average molecular weight is 470 g/mol. The van der Waals surface area contributed by atoms with Gasteiger partial charge in [0.15, 0.2) is 0 Å². The Morgan fingerprint density at radius 2 is 1.49 bits per heavy atom. The van der Waals surface area contributed by atoms with Crippen molar-refractivity contribution in [1.82, 2.24) is 25.1 Å². The summed E-state index contributed by atoms with van der Waals surface area (Å²) in [5, 5.41) is 5.40. The molecule has 35 heavy (non-hydrogen) atoms. The van der Waals surface area contributed by atoms with Gasteiger partial charge in [0, 0.05) is 60.3 Å². The molecule has 2 aromatic carbocycles. The fraction of sp³-hybridized carbons (Fsp3) is 0.357. The lowest BCUT2D eigenvalue weighted by Crippen LogP contribution is -2.73. The molecule has 2 fully saturated rings. The Labute approximate surface area is 204 Å². The zero-order valence-corrected chi connectivity index (χ0v) is 20.0. The second-order valence-electron chi connectivity index (χ2n) is 10.0. The number of piperidine rings is 1. The maximum absolute atomic E-state index is 14.0. The van der Waals surface area contributed by atoms with Gasteiger partial charge in [0.2, 0.25) is 11.8 Å². The zero-order chi connectivity index (χ0) is 24.0. The maximum Gasteiger partial charge on any atom is 0.246 e. The Morgan fingerprint density at radius 3 is 2.17 bits per heavy atom. The number of amides is 2. The van der Waals surface area contributed by atoms with E-state index in [0.717, 1.165) is 35.1 Å². The molecule has 4 aromatic rings. The number of hydrogen-bond donors (Lipinski definition) is 3. The minimum Gasteiger partial charge on any atom is -0.361 e. The Bertz CT molecular complexity index is 1390. The number of carbonyl (C=O) groups excluding carboxylic acids is 2. The van der Waals surface area contributed by atoms with Gasteiger partial charge in [-0.15, -0.1) is 0 Å². The number of hydrogen-bond acceptors (Lipinski definition) is 3. The minimum atomic E-state index is -0.771. The quantitative estimate of drug-likeness (QED) is 0.420. The number of benzene rings is 2. The summed E-state index contributed by atoms with van der Waals surface area (Å²) in [7, 11) is 2.07. The maximum atomic E-state index is 14.0. The second-order valence-corrected chi connectivity index (χ2v) is 10.0. The van der Waals surface area contributed by atoms with Crippen LogP contribution in [0.4, 0.5) is 0 Å². The third kappa shape index (κ3) is 3.71. The summed E-state index contributed by atoms with van der Waals surface area (Å²) in [6, 6.07) is 15.7. The molecule has 0 aliphatic carbocycles. The van der Waals surface area contributed by atoms with Crippen molar-refractivity contribution in [3.05, 3.63) is 72.1 Å². The molecule has 2 aliphatic rings. The van der Waals surface area contributed by atoms with Gasteiger partial charge in [-0.2, -0.15) is 0 Å². The summed E-state index contributed by atoms with van der Waals surface area (Å²) < 4.78 is 0. The first kappa shape index (κ1) is 21.9. The van der Waals surface area contributed by atoms with Gasteiger partial charge in [0.1, 0.15) is 11.6 Å². The van der Waals surface area contributed by atoms with Crippen LogP contribution in [0.2, 0.25) is 0 Å². The molecular formula is C28H31N5O2. The molecule has 0 radical (unpaired) electrons. The first-order valence-electron chi connectivity index (χ1n) is 12.5. The smallest absolute Gasteiger partial charge is 0.246 e. The lowest BCUT2D eigenvalue weighted by atomic mass is 9.81. The predicted molar refractivity (Wildman–Crippen MR) is 137 cm³/mol. The molecule has 4 heterocycles. The first-order chi connectivity index (χ1) is 17.0. The molecule has 7 nitrogen and oxygen atoms in total. The summed E-state index contributed by atoms with van der Waals surface area (Å²) in [6.45, 7) is 2.14. The molecule has 1 atom stereocenters. The monoisotopic (exact) mass is 469 g/mol. The zero-order valence-electron chi connectivity index (χ0n) is 20.0. The minimum absolute atomic E-state index is 0.00559. The summed E-state index contributed by atoms with van der Waals surface area (Å²) >= 11 is 0. The number of H-pyrrole nitrogens is 2. The van der Waals surface area contributed by atoms with E-state index < -0.39 is 11.6 Å². The van der Waals surface area contributed by atoms with Crippen LogP contribution in [0.25, 0.3) is 21.8 Å². The van der Waals surface area contributed by atoms with Crippen molar-refractivity contribution in [3.63, 3.8) is 0 Å². The molecule has 180 valence electrons. The van der Waals surface area contributed by atoms with Crippen LogP contribution in [0.1, 0.15) is 24.0 Å². The standard InChI is InChI=1S/C28H31N5O2/c1-32-14-11-28(12-15-32)27(35)31-25(16-20-18-30-24-9-5-3-7-22(20)24)26(34)33(28)13-10-19-17-29-23-8-4-2-6-21(19)23/h2-9,17-18,25,29-30H,10-16H2,1H3,(H,31,35). The highest BCUT2D eigenvalue weighted by Crippen LogP contribution is 2.34. The van der Waals surface area contributed by atoms with E-state index in [1.165, 1.54) is 10.9 Å². The van der Waals surface area contributed by atoms with Crippen molar-refractivity contribution < 1.29 is 9.59 Å². The summed E-state index contributed by atoms with van der Waals surface area (Å²) in [4.78, 5) is 38.4. The van der Waals surface area contributed by atoms with Crippen LogP contribution >= 0.6 is 0 Å². The van der Waals surface area contributed by atoms with Crippen LogP contribution in [-0.2, 0) is 22.4 Å². The van der Waals surface area contributed by atoms with Crippen LogP contribution in [0.5, 0.6) is 0 Å². The van der Waals surface area contributed by atoms with Crippen molar-refractivity contribution >= 4 is 33.6 Å². The molecule has 2 aromatic heterocycles. The Kier molecular flexibility index (Phi) is 5.37. The molecular weight excluding hydrogens is 438 g/mol. The number of nitrogens with one attached hydrogen (secondary N) is 3. The SMILES string of the molecule is CN1CCC2(CC1)C(=O)NC(Cc1c[nH]c3ccccc13)C(=O)N2CCc1c[nH]c2ccccc12. The highest BCUT2D eigenvalue weighted by molar-refractivity contribution is 6.00. The number of aromatic nitrogens is 2. The molecule has 7 heteroatoms. The molecule has 3 N–H and O–H groups in total. The molecule has 1 unspecified atom stereocenters. The first-order valence-corrected chi connectivity index (χ1v) is 12.5. The van der Waals surface area contributed by atoms with Crippen molar-refractivity contribution in [2.24, 2.45) is 0 Å². The number of nitrogens with zero attached hydrogens (tertiary/aromatic N) is 2. The van der Waals surface area contributed by atoms with E-state index in [1.54, 1.807) is 0 Å². The van der Waals surface area contributed by atoms with Crippen LogP contribution < -0.4 is 5.32 Å². The van der Waals surface area contributed by atoms with Gasteiger partial charge in [-0.25, -0.2) is 0 Å². The van der Waals surface area contributed by atoms with Crippen molar-refractivity contribution in [1.29, 1.82) is 0 Å². The Morgan fingerprint density at radius 1 is 0.886 bits per heavy atom. The fourth-order valence-electron chi connectivity index (χ4n) is 5.92. The van der Waals surface area contributed by atoms with E-state index in [-0.39, 0.29) is 11.8 Å². The van der Waals surface area contributed by atoms with Crippen molar-refractivity contribution in [3.8, 4) is 0 Å². The predicted octanol–water partition coefficient (Wildman–Crippen LogP) is 3.23. The molecule has 1 spiro atoms. The van der Waals surface area contributed by atoms with Gasteiger partial charge < -0.3 is 25.1 Å². The molecule has 2 amide bonds. The largest absolute Gasteiger partial charge is 0.361 e. The van der Waals surface area contributed by atoms with E-state index in [0.29, 0.717) is 32.2 Å². The fourth-order valence-corrected chi connectivity index (χ4v) is 5.92. The van der Waals surface area contributed by atoms with E-state index in [4.69, 9.17) is 0 Å². The van der Waals surface area contributed by atoms with Crippen molar-refractivity contribution in [2.45, 2.75) is 37.3 Å². The van der Waals surface area contributed by atoms with Crippen LogP contribution in [0.15, 0.2) is 60.9 Å². The third-order valence-electron chi connectivity index (χ3n) is 8.00. The molecule has 2 saturated heterocycles. The van der Waals surface area contributed by atoms with Gasteiger partial charge in [-0.05, 0) is 49.6 Å². The van der Waals surface area contributed by atoms with E-state index >= 15 is 0 Å². The van der Waals surface area contributed by atoms with Crippen LogP contribution in [0.3, 0.4) is 0 Å². The van der Waals surface area contributed by atoms with Crippen LogP contribution in [-0.4, -0.2) is 69.8 Å². The summed E-state index contributed by atoms with van der Waals surface area (Å²) in [5.74, 6) is 0.0215. The number of aromatic amines is 2. The van der Waals surface area contributed by atoms with Gasteiger partial charge >= 0.3 is 0 Å². The highest BCUT2D eigenvalue weighted by Gasteiger charge is 2.53. The topological polar surface area (TPSA) is 84.2 Å². The van der Waals surface area contributed by atoms with Crippen LogP contribution in [0, 0.1) is 0 Å². The Hall–Kier alpha value is -3.58. The lowest BCUT2D eigenvalue weighted by molar-refractivity contribution is -0.160. The number of piperazine rings is 1. The summed E-state index contributed by atoms with van der Waals surface area (Å²) in [6.07, 6.45) is 6.50. The average Bonchev–Trinajstić information content (AvgIpc) is 3.48. The Balaban J connectivity index is 1.30. The van der Waals surface area contributed by atoms with Gasteiger partial charge in [0.05, 0.1) is 0 Å². The highest BCUT2D eigenvalue weighted by atomic mass is 16.2. The molecule has 2 aliphatic heterocycles. The second kappa shape index (κ2) is 8.57. The number of likely N-dealkylation sites (tertiary alicyclic amines) is 1. The lowest BCUT2D eigenvalue weighted by Gasteiger charge is -2.51. The third-order valence-corrected chi connectivity index (χ3v) is 8.00. The molecule has 0 saturated carbocycles. The molecule has 6 rings (SSSR count). The van der Waals surface area contributed by atoms with Crippen molar-refractivity contribution in [2.75, 3.05) is 26.7 Å². The van der Waals surface area contributed by atoms with E-state index in [9.17, 15) is 9.59 Å². The molecule has 0 bridgehead atoms. The van der Waals surface area contributed by atoms with E-state index in [2.05, 4.69) is 45.4 Å². The van der Waals surface area contributed by atoms with E-state index in [1.807, 2.05) is 47.6 Å².